The summed E-state index contributed by atoms with van der Waals surface area (Å²) in [7, 11) is -3.60. The van der Waals surface area contributed by atoms with Crippen LogP contribution in [0.4, 0.5) is 0 Å². The molecule has 29 heavy (non-hydrogen) atoms. The first-order chi connectivity index (χ1) is 13.9. The zero-order valence-corrected chi connectivity index (χ0v) is 17.4. The van der Waals surface area contributed by atoms with Crippen molar-refractivity contribution in [3.05, 3.63) is 46.1 Å². The Morgan fingerprint density at radius 3 is 2.52 bits per heavy atom. The molecule has 0 bridgehead atoms. The van der Waals surface area contributed by atoms with E-state index in [9.17, 15) is 13.2 Å². The molecule has 0 aliphatic carbocycles. The van der Waals surface area contributed by atoms with Crippen molar-refractivity contribution >= 4 is 10.0 Å². The molecule has 9 heteroatoms. The summed E-state index contributed by atoms with van der Waals surface area (Å²) in [4.78, 5) is 16.9. The molecular formula is C20H25N3O5S. The number of hydrogen-bond acceptors (Lipinski definition) is 6. The Labute approximate surface area is 170 Å². The van der Waals surface area contributed by atoms with Crippen LogP contribution in [0.5, 0.6) is 11.5 Å². The molecule has 2 aliphatic rings. The van der Waals surface area contributed by atoms with Gasteiger partial charge in [-0.3, -0.25) is 9.36 Å². The van der Waals surface area contributed by atoms with Gasteiger partial charge in [-0.25, -0.2) is 13.4 Å². The molecule has 2 aromatic rings. The summed E-state index contributed by atoms with van der Waals surface area (Å²) in [6.07, 6.45) is 2.98. The summed E-state index contributed by atoms with van der Waals surface area (Å²) < 4.78 is 40.2. The van der Waals surface area contributed by atoms with E-state index >= 15 is 0 Å². The molecule has 0 spiro atoms. The number of hydrogen-bond donors (Lipinski definition) is 0. The summed E-state index contributed by atoms with van der Waals surface area (Å²) in [5, 5.41) is 0. The van der Waals surface area contributed by atoms with Gasteiger partial charge in [-0.15, -0.1) is 0 Å². The molecule has 0 amide bonds. The summed E-state index contributed by atoms with van der Waals surface area (Å²) >= 11 is 0. The lowest BCUT2D eigenvalue weighted by molar-refractivity contribution is 0.171. The normalized spacial score (nSPS) is 18.0. The fraction of sp³-hybridized carbons (Fsp3) is 0.500. The van der Waals surface area contributed by atoms with Crippen molar-refractivity contribution in [3.8, 4) is 11.5 Å². The van der Waals surface area contributed by atoms with E-state index in [0.29, 0.717) is 62.8 Å². The van der Waals surface area contributed by atoms with Crippen molar-refractivity contribution in [2.45, 2.75) is 38.1 Å². The maximum atomic E-state index is 13.0. The minimum atomic E-state index is -3.60. The Morgan fingerprint density at radius 2 is 1.79 bits per heavy atom. The van der Waals surface area contributed by atoms with Gasteiger partial charge in [0.25, 0.3) is 5.56 Å². The third-order valence-electron chi connectivity index (χ3n) is 5.69. The van der Waals surface area contributed by atoms with Crippen molar-refractivity contribution in [3.63, 3.8) is 0 Å². The zero-order valence-electron chi connectivity index (χ0n) is 16.6. The van der Waals surface area contributed by atoms with Crippen LogP contribution in [0, 0.1) is 19.8 Å². The predicted molar refractivity (Wildman–Crippen MR) is 107 cm³/mol. The molecule has 8 nitrogen and oxygen atoms in total. The topological polar surface area (TPSA) is 90.7 Å². The molecular weight excluding hydrogens is 394 g/mol. The number of rotatable bonds is 4. The molecule has 3 heterocycles. The molecule has 2 aliphatic heterocycles. The largest absolute Gasteiger partial charge is 0.486 e. The first-order valence-corrected chi connectivity index (χ1v) is 11.2. The number of aryl methyl sites for hydroxylation is 1. The Hall–Kier alpha value is -2.39. The van der Waals surface area contributed by atoms with Gasteiger partial charge >= 0.3 is 0 Å². The van der Waals surface area contributed by atoms with Crippen molar-refractivity contribution in [2.24, 2.45) is 5.92 Å². The van der Waals surface area contributed by atoms with Gasteiger partial charge in [-0.1, -0.05) is 0 Å². The lowest BCUT2D eigenvalue weighted by Crippen LogP contribution is -2.40. The second-order valence-corrected chi connectivity index (χ2v) is 9.50. The third kappa shape index (κ3) is 3.89. The van der Waals surface area contributed by atoms with Crippen LogP contribution in [-0.4, -0.2) is 48.6 Å². The van der Waals surface area contributed by atoms with E-state index in [0.717, 1.165) is 5.69 Å². The maximum absolute atomic E-state index is 13.0. The molecule has 1 fully saturated rings. The van der Waals surface area contributed by atoms with Gasteiger partial charge in [-0.2, -0.15) is 4.31 Å². The monoisotopic (exact) mass is 419 g/mol. The van der Waals surface area contributed by atoms with Crippen molar-refractivity contribution in [1.82, 2.24) is 13.9 Å². The highest BCUT2D eigenvalue weighted by molar-refractivity contribution is 7.89. The molecule has 0 N–H and O–H groups in total. The molecule has 0 radical (unpaired) electrons. The van der Waals surface area contributed by atoms with E-state index in [4.69, 9.17) is 9.47 Å². The molecule has 156 valence electrons. The average molecular weight is 420 g/mol. The van der Waals surface area contributed by atoms with Crippen LogP contribution in [0.3, 0.4) is 0 Å². The average Bonchev–Trinajstić information content (AvgIpc) is 2.74. The highest BCUT2D eigenvalue weighted by Crippen LogP contribution is 2.34. The quantitative estimate of drug-likeness (QED) is 0.750. The van der Waals surface area contributed by atoms with Crippen LogP contribution in [-0.2, 0) is 16.6 Å². The molecule has 1 aromatic carbocycles. The van der Waals surface area contributed by atoms with E-state index in [1.165, 1.54) is 10.4 Å². The molecule has 1 aromatic heterocycles. The lowest BCUT2D eigenvalue weighted by Gasteiger charge is -2.31. The van der Waals surface area contributed by atoms with Crippen LogP contribution < -0.4 is 15.0 Å². The zero-order chi connectivity index (χ0) is 20.6. The Kier molecular flexibility index (Phi) is 5.35. The van der Waals surface area contributed by atoms with E-state index in [1.54, 1.807) is 30.0 Å². The van der Waals surface area contributed by atoms with Gasteiger partial charge < -0.3 is 9.47 Å². The number of nitrogens with zero attached hydrogens (tertiary/aromatic N) is 3. The number of fused-ring (bicyclic) bond motifs is 1. The van der Waals surface area contributed by atoms with E-state index in [2.05, 4.69) is 4.98 Å². The standard InChI is InChI=1S/C20H25N3O5S/c1-14-15(2)21-13-22(20(14)24)12-16-5-7-23(8-6-16)29(25,26)17-3-4-18-19(11-17)28-10-9-27-18/h3-4,11,13,16H,5-10,12H2,1-2H3. The number of aromatic nitrogens is 2. The SMILES string of the molecule is Cc1ncn(CC2CCN(S(=O)(=O)c3ccc4c(c3)OCCO4)CC2)c(=O)c1C. The molecule has 0 atom stereocenters. The smallest absolute Gasteiger partial charge is 0.256 e. The highest BCUT2D eigenvalue weighted by Gasteiger charge is 2.30. The van der Waals surface area contributed by atoms with Gasteiger partial charge in [0.1, 0.15) is 13.2 Å². The first kappa shape index (κ1) is 19.9. The second-order valence-electron chi connectivity index (χ2n) is 7.57. The van der Waals surface area contributed by atoms with Gasteiger partial charge in [-0.05, 0) is 44.7 Å². The van der Waals surface area contributed by atoms with Gasteiger partial charge in [0, 0.05) is 37.0 Å². The Balaban J connectivity index is 1.44. The van der Waals surface area contributed by atoms with Crippen LogP contribution in [0.2, 0.25) is 0 Å². The van der Waals surface area contributed by atoms with E-state index in [-0.39, 0.29) is 16.4 Å². The Bertz CT molecular complexity index is 1070. The summed E-state index contributed by atoms with van der Waals surface area (Å²) in [6, 6.07) is 4.75. The Morgan fingerprint density at radius 1 is 1.10 bits per heavy atom. The van der Waals surface area contributed by atoms with Crippen molar-refractivity contribution in [1.29, 1.82) is 0 Å². The molecule has 0 saturated carbocycles. The van der Waals surface area contributed by atoms with Gasteiger partial charge in [0.05, 0.1) is 11.2 Å². The number of ether oxygens (including phenoxy) is 2. The van der Waals surface area contributed by atoms with Crippen molar-refractivity contribution in [2.75, 3.05) is 26.3 Å². The summed E-state index contributed by atoms with van der Waals surface area (Å²) in [5.74, 6) is 1.28. The van der Waals surface area contributed by atoms with E-state index in [1.807, 2.05) is 6.92 Å². The number of benzene rings is 1. The minimum Gasteiger partial charge on any atom is -0.486 e. The first-order valence-electron chi connectivity index (χ1n) is 9.78. The fourth-order valence-electron chi connectivity index (χ4n) is 3.75. The molecule has 4 rings (SSSR count). The van der Waals surface area contributed by atoms with Crippen LogP contribution in [0.15, 0.2) is 34.2 Å². The van der Waals surface area contributed by atoms with Gasteiger partial charge in [0.2, 0.25) is 10.0 Å². The van der Waals surface area contributed by atoms with Gasteiger partial charge in [0.15, 0.2) is 11.5 Å². The van der Waals surface area contributed by atoms with Crippen LogP contribution in [0.25, 0.3) is 0 Å². The highest BCUT2D eigenvalue weighted by atomic mass is 32.2. The number of piperidine rings is 1. The molecule has 1 saturated heterocycles. The van der Waals surface area contributed by atoms with Crippen LogP contribution >= 0.6 is 0 Å². The van der Waals surface area contributed by atoms with Crippen molar-refractivity contribution < 1.29 is 17.9 Å². The minimum absolute atomic E-state index is 0.0242. The predicted octanol–water partition coefficient (Wildman–Crippen LogP) is 1.73. The lowest BCUT2D eigenvalue weighted by atomic mass is 9.98. The third-order valence-corrected chi connectivity index (χ3v) is 7.59. The van der Waals surface area contributed by atoms with E-state index < -0.39 is 10.0 Å². The van der Waals surface area contributed by atoms with Crippen LogP contribution in [0.1, 0.15) is 24.1 Å². The maximum Gasteiger partial charge on any atom is 0.256 e. The second kappa shape index (κ2) is 7.79. The fourth-order valence-corrected chi connectivity index (χ4v) is 5.24. The molecule has 0 unspecified atom stereocenters. The summed E-state index contributed by atoms with van der Waals surface area (Å²) in [5.41, 5.74) is 1.38. The summed E-state index contributed by atoms with van der Waals surface area (Å²) in [6.45, 7) is 5.89. The number of sulfonamides is 1.